The van der Waals surface area contributed by atoms with E-state index in [1.807, 2.05) is 6.92 Å². The van der Waals surface area contributed by atoms with Gasteiger partial charge in [0, 0.05) is 30.9 Å². The van der Waals surface area contributed by atoms with Gasteiger partial charge in [-0.15, -0.1) is 0 Å². The summed E-state index contributed by atoms with van der Waals surface area (Å²) in [5, 5.41) is 0. The summed E-state index contributed by atoms with van der Waals surface area (Å²) in [4.78, 5) is 2.20. The minimum absolute atomic E-state index is 0.178. The SMILES string of the molecule is CCN(CC)c1ccc(C(=C2C=CC(=[N+](CC)CC)C=C2)c2ccccc2)cc1.Cc1ccc(S(=O)(=O)[O-])cc1. The molecule has 0 saturated carbocycles. The second-order valence-corrected chi connectivity index (χ2v) is 10.8. The van der Waals surface area contributed by atoms with Gasteiger partial charge in [-0.25, -0.2) is 13.0 Å². The van der Waals surface area contributed by atoms with Gasteiger partial charge in [0.15, 0.2) is 5.71 Å². The third kappa shape index (κ3) is 8.13. The Hall–Kier alpha value is -3.74. The van der Waals surface area contributed by atoms with Gasteiger partial charge in [0.1, 0.15) is 23.2 Å². The van der Waals surface area contributed by atoms with E-state index >= 15 is 0 Å². The fourth-order valence-corrected chi connectivity index (χ4v) is 5.13. The molecule has 0 atom stereocenters. The third-order valence-corrected chi connectivity index (χ3v) is 7.79. The predicted octanol–water partition coefficient (Wildman–Crippen LogP) is 6.85. The maximum Gasteiger partial charge on any atom is 0.199 e. The second kappa shape index (κ2) is 14.6. The van der Waals surface area contributed by atoms with Crippen LogP contribution in [0.1, 0.15) is 44.4 Å². The molecule has 4 rings (SSSR count). The summed E-state index contributed by atoms with van der Waals surface area (Å²) in [5.74, 6) is 0. The zero-order valence-electron chi connectivity index (χ0n) is 24.2. The number of benzene rings is 3. The topological polar surface area (TPSA) is 63.5 Å². The molecule has 0 spiro atoms. The number of hydrogen-bond donors (Lipinski definition) is 0. The van der Waals surface area contributed by atoms with Gasteiger partial charge in [0.2, 0.25) is 0 Å². The van der Waals surface area contributed by atoms with Crippen LogP contribution in [0.5, 0.6) is 0 Å². The first kappa shape index (κ1) is 30.8. The molecule has 210 valence electrons. The number of allylic oxidation sites excluding steroid dienone is 5. The maximum absolute atomic E-state index is 10.4. The van der Waals surface area contributed by atoms with Crippen molar-refractivity contribution in [3.8, 4) is 0 Å². The highest BCUT2D eigenvalue weighted by Gasteiger charge is 2.14. The quantitative estimate of drug-likeness (QED) is 0.225. The van der Waals surface area contributed by atoms with Gasteiger partial charge < -0.3 is 9.45 Å². The lowest BCUT2D eigenvalue weighted by Gasteiger charge is -2.22. The molecule has 5 nitrogen and oxygen atoms in total. The summed E-state index contributed by atoms with van der Waals surface area (Å²) in [6, 6.07) is 25.5. The van der Waals surface area contributed by atoms with E-state index in [0.717, 1.165) is 31.7 Å². The molecule has 0 aliphatic heterocycles. The molecule has 6 heteroatoms. The molecule has 0 bridgehead atoms. The molecule has 0 unspecified atom stereocenters. The van der Waals surface area contributed by atoms with Crippen molar-refractivity contribution in [2.75, 3.05) is 31.1 Å². The molecule has 1 aliphatic carbocycles. The Labute approximate surface area is 240 Å². The van der Waals surface area contributed by atoms with Gasteiger partial charge >= 0.3 is 0 Å². The molecular weight excluding hydrogens is 516 g/mol. The van der Waals surface area contributed by atoms with Gasteiger partial charge in [-0.05, 0) is 93.3 Å². The normalized spacial score (nSPS) is 12.6. The number of hydrogen-bond acceptors (Lipinski definition) is 4. The van der Waals surface area contributed by atoms with Crippen LogP contribution in [-0.2, 0) is 10.1 Å². The van der Waals surface area contributed by atoms with Crippen molar-refractivity contribution < 1.29 is 17.5 Å². The van der Waals surface area contributed by atoms with Crippen molar-refractivity contribution in [3.63, 3.8) is 0 Å². The molecule has 0 radical (unpaired) electrons. The number of aryl methyl sites for hydroxylation is 1. The van der Waals surface area contributed by atoms with Crippen molar-refractivity contribution >= 4 is 27.1 Å². The van der Waals surface area contributed by atoms with E-state index < -0.39 is 10.1 Å². The van der Waals surface area contributed by atoms with Crippen LogP contribution < -0.4 is 4.90 Å². The first-order chi connectivity index (χ1) is 19.2. The van der Waals surface area contributed by atoms with Crippen LogP contribution in [0.2, 0.25) is 0 Å². The van der Waals surface area contributed by atoms with Crippen LogP contribution in [0, 0.1) is 6.92 Å². The summed E-state index contributed by atoms with van der Waals surface area (Å²) in [5.41, 5.74) is 8.52. The van der Waals surface area contributed by atoms with Gasteiger partial charge in [0.05, 0.1) is 4.90 Å². The highest BCUT2D eigenvalue weighted by molar-refractivity contribution is 7.85. The highest BCUT2D eigenvalue weighted by atomic mass is 32.2. The predicted molar refractivity (Wildman–Crippen MR) is 166 cm³/mol. The Morgan fingerprint density at radius 2 is 1.25 bits per heavy atom. The first-order valence-electron chi connectivity index (χ1n) is 13.9. The van der Waals surface area contributed by atoms with E-state index in [0.29, 0.717) is 0 Å². The van der Waals surface area contributed by atoms with Gasteiger partial charge in [-0.1, -0.05) is 60.2 Å². The number of anilines is 1. The smallest absolute Gasteiger partial charge is 0.199 e. The summed E-state index contributed by atoms with van der Waals surface area (Å²) in [6.45, 7) is 14.7. The van der Waals surface area contributed by atoms with Crippen LogP contribution in [0.25, 0.3) is 5.57 Å². The lowest BCUT2D eigenvalue weighted by Crippen LogP contribution is -2.21. The maximum atomic E-state index is 10.4. The first-order valence-corrected chi connectivity index (χ1v) is 15.3. The van der Waals surface area contributed by atoms with Crippen LogP contribution >= 0.6 is 0 Å². The highest BCUT2D eigenvalue weighted by Crippen LogP contribution is 2.31. The number of rotatable bonds is 8. The summed E-state index contributed by atoms with van der Waals surface area (Å²) in [6.07, 6.45) is 9.01. The molecular formula is C34H40N2O3S. The van der Waals surface area contributed by atoms with Crippen LogP contribution in [0.4, 0.5) is 5.69 Å². The summed E-state index contributed by atoms with van der Waals surface area (Å²) < 4.78 is 33.5. The number of nitrogens with zero attached hydrogens (tertiary/aromatic N) is 2. The summed E-state index contributed by atoms with van der Waals surface area (Å²) in [7, 11) is -4.27. The van der Waals surface area contributed by atoms with E-state index in [9.17, 15) is 13.0 Å². The molecule has 0 fully saturated rings. The zero-order chi connectivity index (χ0) is 29.1. The minimum Gasteiger partial charge on any atom is -0.744 e. The standard InChI is InChI=1S/C27H33N2.C7H8O3S/c1-5-28(6-2)25-18-14-23(15-19-25)27(22-12-10-9-11-13-22)24-16-20-26(21-17-24)29(7-3)8-4;1-6-2-4-7(5-3-6)11(8,9)10/h9-21H,5-8H2,1-4H3;2-5H,1H3,(H,8,9,10)/q+1;/p-1. The molecule has 3 aromatic carbocycles. The van der Waals surface area contributed by atoms with Crippen molar-refractivity contribution in [3.05, 3.63) is 125 Å². The Morgan fingerprint density at radius 1 is 0.725 bits per heavy atom. The minimum atomic E-state index is -4.27. The van der Waals surface area contributed by atoms with Crippen molar-refractivity contribution in [1.29, 1.82) is 0 Å². The Kier molecular flexibility index (Phi) is 11.2. The fraction of sp³-hybridized carbons (Fsp3) is 0.265. The molecule has 0 saturated heterocycles. The average Bonchev–Trinajstić information content (AvgIpc) is 2.97. The third-order valence-electron chi connectivity index (χ3n) is 6.94. The van der Waals surface area contributed by atoms with Gasteiger partial charge in [-0.3, -0.25) is 0 Å². The molecule has 0 aromatic heterocycles. The molecule has 40 heavy (non-hydrogen) atoms. The Morgan fingerprint density at radius 3 is 1.73 bits per heavy atom. The van der Waals surface area contributed by atoms with Crippen LogP contribution in [0.3, 0.4) is 0 Å². The molecule has 0 heterocycles. The van der Waals surface area contributed by atoms with Crippen molar-refractivity contribution in [2.24, 2.45) is 0 Å². The molecule has 3 aromatic rings. The van der Waals surface area contributed by atoms with Gasteiger partial charge in [0.25, 0.3) is 0 Å². The lowest BCUT2D eigenvalue weighted by molar-refractivity contribution is -0.519. The van der Waals surface area contributed by atoms with E-state index in [1.54, 1.807) is 12.1 Å². The van der Waals surface area contributed by atoms with Crippen LogP contribution in [0.15, 0.2) is 114 Å². The van der Waals surface area contributed by atoms with E-state index in [2.05, 4.69) is 116 Å². The van der Waals surface area contributed by atoms with Crippen molar-refractivity contribution in [1.82, 2.24) is 0 Å². The van der Waals surface area contributed by atoms with E-state index in [1.165, 1.54) is 45.8 Å². The van der Waals surface area contributed by atoms with E-state index in [-0.39, 0.29) is 4.90 Å². The largest absolute Gasteiger partial charge is 0.744 e. The van der Waals surface area contributed by atoms with Crippen LogP contribution in [-0.4, -0.2) is 49.4 Å². The van der Waals surface area contributed by atoms with Crippen molar-refractivity contribution in [2.45, 2.75) is 39.5 Å². The Bertz CT molecular complexity index is 1450. The second-order valence-electron chi connectivity index (χ2n) is 9.45. The van der Waals surface area contributed by atoms with E-state index in [4.69, 9.17) is 0 Å². The monoisotopic (exact) mass is 556 g/mol. The zero-order valence-corrected chi connectivity index (χ0v) is 25.0. The fourth-order valence-electron chi connectivity index (χ4n) is 4.67. The molecule has 1 aliphatic rings. The lowest BCUT2D eigenvalue weighted by atomic mass is 9.90. The summed E-state index contributed by atoms with van der Waals surface area (Å²) >= 11 is 0. The van der Waals surface area contributed by atoms with Gasteiger partial charge in [-0.2, -0.15) is 0 Å². The average molecular weight is 557 g/mol. The molecule has 0 N–H and O–H groups in total. The molecule has 0 amide bonds. The Balaban J connectivity index is 0.000000336.